The second-order valence-corrected chi connectivity index (χ2v) is 6.64. The number of anilines is 1. The maximum absolute atomic E-state index is 12.1. The summed E-state index contributed by atoms with van der Waals surface area (Å²) in [5.41, 5.74) is 1.12. The Kier molecular flexibility index (Phi) is 5.74. The summed E-state index contributed by atoms with van der Waals surface area (Å²) in [6, 6.07) is 5.00. The van der Waals surface area contributed by atoms with Crippen molar-refractivity contribution in [1.29, 1.82) is 0 Å². The molecule has 0 unspecified atom stereocenters. The highest BCUT2D eigenvalue weighted by molar-refractivity contribution is 7.14. The molecular weight excluding hydrogens is 336 g/mol. The van der Waals surface area contributed by atoms with Crippen molar-refractivity contribution < 1.29 is 14.3 Å². The Balaban J connectivity index is 1.96. The molecule has 2 rings (SSSR count). The van der Waals surface area contributed by atoms with Gasteiger partial charge < -0.3 is 10.1 Å². The van der Waals surface area contributed by atoms with Crippen molar-refractivity contribution >= 4 is 40.6 Å². The standard InChI is InChI=1S/C16H17ClN2O3S/c1-4-11-7-13(23-10(11)3)16(21)22-9(2)15(20)19-14-6-5-12(17)8-18-14/h5-9H,4H2,1-3H3,(H,18,19,20)/t9-/m0/s1. The zero-order valence-corrected chi connectivity index (χ0v) is 14.6. The summed E-state index contributed by atoms with van der Waals surface area (Å²) in [6.45, 7) is 5.51. The van der Waals surface area contributed by atoms with Crippen molar-refractivity contribution in [3.8, 4) is 0 Å². The smallest absolute Gasteiger partial charge is 0.349 e. The fraction of sp³-hybridized carbons (Fsp3) is 0.312. The largest absolute Gasteiger partial charge is 0.448 e. The van der Waals surface area contributed by atoms with E-state index in [2.05, 4.69) is 10.3 Å². The Labute approximate surface area is 143 Å². The maximum atomic E-state index is 12.1. The van der Waals surface area contributed by atoms with Gasteiger partial charge in [-0.1, -0.05) is 18.5 Å². The van der Waals surface area contributed by atoms with E-state index in [1.54, 1.807) is 12.1 Å². The highest BCUT2D eigenvalue weighted by atomic mass is 35.5. The second kappa shape index (κ2) is 7.57. The van der Waals surface area contributed by atoms with Crippen LogP contribution >= 0.6 is 22.9 Å². The lowest BCUT2D eigenvalue weighted by atomic mass is 10.2. The topological polar surface area (TPSA) is 68.3 Å². The molecular formula is C16H17ClN2O3S. The first-order chi connectivity index (χ1) is 10.9. The molecule has 1 amide bonds. The minimum atomic E-state index is -0.924. The summed E-state index contributed by atoms with van der Waals surface area (Å²) in [7, 11) is 0. The number of nitrogens with zero attached hydrogens (tertiary/aromatic N) is 1. The van der Waals surface area contributed by atoms with Gasteiger partial charge in [0.2, 0.25) is 0 Å². The third-order valence-electron chi connectivity index (χ3n) is 3.23. The molecule has 122 valence electrons. The summed E-state index contributed by atoms with van der Waals surface area (Å²) in [4.78, 5) is 29.7. The van der Waals surface area contributed by atoms with Crippen LogP contribution in [-0.2, 0) is 16.0 Å². The molecule has 5 nitrogen and oxygen atoms in total. The molecule has 0 aromatic carbocycles. The number of thiophene rings is 1. The van der Waals surface area contributed by atoms with Gasteiger partial charge in [-0.2, -0.15) is 0 Å². The van der Waals surface area contributed by atoms with Crippen LogP contribution in [0.2, 0.25) is 5.02 Å². The van der Waals surface area contributed by atoms with Crippen molar-refractivity contribution in [2.75, 3.05) is 5.32 Å². The van der Waals surface area contributed by atoms with Gasteiger partial charge in [-0.3, -0.25) is 4.79 Å². The van der Waals surface area contributed by atoms with Gasteiger partial charge in [0.25, 0.3) is 5.91 Å². The van der Waals surface area contributed by atoms with E-state index in [0.717, 1.165) is 16.9 Å². The normalized spacial score (nSPS) is 11.8. The van der Waals surface area contributed by atoms with Gasteiger partial charge >= 0.3 is 5.97 Å². The van der Waals surface area contributed by atoms with Gasteiger partial charge in [-0.25, -0.2) is 9.78 Å². The molecule has 23 heavy (non-hydrogen) atoms. The van der Waals surface area contributed by atoms with Gasteiger partial charge in [0.15, 0.2) is 6.10 Å². The zero-order chi connectivity index (χ0) is 17.0. The number of ether oxygens (including phenoxy) is 1. The first-order valence-electron chi connectivity index (χ1n) is 7.13. The lowest BCUT2D eigenvalue weighted by Crippen LogP contribution is -2.30. The SMILES string of the molecule is CCc1cc(C(=O)O[C@@H](C)C(=O)Nc2ccc(Cl)cn2)sc1C. The van der Waals surface area contributed by atoms with Gasteiger partial charge in [-0.05, 0) is 44.0 Å². The molecule has 0 saturated carbocycles. The van der Waals surface area contributed by atoms with E-state index in [-0.39, 0.29) is 0 Å². The second-order valence-electron chi connectivity index (χ2n) is 4.94. The number of carbonyl (C=O) groups is 2. The lowest BCUT2D eigenvalue weighted by Gasteiger charge is -2.12. The van der Waals surface area contributed by atoms with Crippen LogP contribution in [0.4, 0.5) is 5.82 Å². The van der Waals surface area contributed by atoms with E-state index in [4.69, 9.17) is 16.3 Å². The molecule has 1 N–H and O–H groups in total. The van der Waals surface area contributed by atoms with Gasteiger partial charge in [0.05, 0.1) is 5.02 Å². The average molecular weight is 353 g/mol. The number of esters is 1. The van der Waals surface area contributed by atoms with Crippen molar-refractivity contribution in [3.05, 3.63) is 44.7 Å². The molecule has 0 aliphatic heterocycles. The van der Waals surface area contributed by atoms with E-state index in [1.807, 2.05) is 19.9 Å². The molecule has 2 aromatic rings. The number of nitrogens with one attached hydrogen (secondary N) is 1. The Morgan fingerprint density at radius 2 is 2.17 bits per heavy atom. The fourth-order valence-electron chi connectivity index (χ4n) is 1.92. The maximum Gasteiger partial charge on any atom is 0.349 e. The predicted octanol–water partition coefficient (Wildman–Crippen LogP) is 3.85. The van der Waals surface area contributed by atoms with Crippen LogP contribution in [0.15, 0.2) is 24.4 Å². The molecule has 2 heterocycles. The molecule has 0 aliphatic rings. The summed E-state index contributed by atoms with van der Waals surface area (Å²) in [5.74, 6) is -0.593. The molecule has 0 saturated heterocycles. The molecule has 0 fully saturated rings. The highest BCUT2D eigenvalue weighted by Gasteiger charge is 2.21. The van der Waals surface area contributed by atoms with Crippen LogP contribution < -0.4 is 5.32 Å². The molecule has 7 heteroatoms. The first-order valence-corrected chi connectivity index (χ1v) is 8.32. The average Bonchev–Trinajstić information content (AvgIpc) is 2.90. The Morgan fingerprint density at radius 1 is 1.43 bits per heavy atom. The summed E-state index contributed by atoms with van der Waals surface area (Å²) < 4.78 is 5.21. The van der Waals surface area contributed by atoms with E-state index >= 15 is 0 Å². The van der Waals surface area contributed by atoms with Gasteiger partial charge in [0, 0.05) is 11.1 Å². The molecule has 0 radical (unpaired) electrons. The molecule has 0 spiro atoms. The molecule has 1 atom stereocenters. The number of hydrogen-bond acceptors (Lipinski definition) is 5. The van der Waals surface area contributed by atoms with Crippen LogP contribution in [0.25, 0.3) is 0 Å². The number of carbonyl (C=O) groups excluding carboxylic acids is 2. The van der Waals surface area contributed by atoms with Crippen LogP contribution in [0.1, 0.15) is 34.0 Å². The summed E-state index contributed by atoms with van der Waals surface area (Å²) in [6.07, 6.45) is 1.36. The number of halogens is 1. The van der Waals surface area contributed by atoms with E-state index in [9.17, 15) is 9.59 Å². The minimum absolute atomic E-state index is 0.350. The Bertz CT molecular complexity index is 713. The summed E-state index contributed by atoms with van der Waals surface area (Å²) in [5, 5.41) is 3.05. The van der Waals surface area contributed by atoms with Gasteiger partial charge in [-0.15, -0.1) is 11.3 Å². The summed E-state index contributed by atoms with van der Waals surface area (Å²) >= 11 is 7.10. The number of aromatic nitrogens is 1. The van der Waals surface area contributed by atoms with E-state index < -0.39 is 18.0 Å². The number of hydrogen-bond donors (Lipinski definition) is 1. The van der Waals surface area contributed by atoms with Crippen molar-refractivity contribution in [2.24, 2.45) is 0 Å². The third kappa shape index (κ3) is 4.53. The minimum Gasteiger partial charge on any atom is -0.448 e. The molecule has 2 aromatic heterocycles. The van der Waals surface area contributed by atoms with Crippen LogP contribution in [0.3, 0.4) is 0 Å². The van der Waals surface area contributed by atoms with E-state index in [1.165, 1.54) is 24.5 Å². The quantitative estimate of drug-likeness (QED) is 0.830. The van der Waals surface area contributed by atoms with Crippen LogP contribution in [-0.4, -0.2) is 23.0 Å². The highest BCUT2D eigenvalue weighted by Crippen LogP contribution is 2.23. The molecule has 0 bridgehead atoms. The first kappa shape index (κ1) is 17.4. The predicted molar refractivity (Wildman–Crippen MR) is 91.2 cm³/mol. The third-order valence-corrected chi connectivity index (χ3v) is 4.53. The van der Waals surface area contributed by atoms with Crippen LogP contribution in [0.5, 0.6) is 0 Å². The zero-order valence-electron chi connectivity index (χ0n) is 13.1. The van der Waals surface area contributed by atoms with Crippen molar-refractivity contribution in [3.63, 3.8) is 0 Å². The lowest BCUT2D eigenvalue weighted by molar-refractivity contribution is -0.123. The number of rotatable bonds is 5. The van der Waals surface area contributed by atoms with Crippen molar-refractivity contribution in [2.45, 2.75) is 33.3 Å². The van der Waals surface area contributed by atoms with Crippen LogP contribution in [0, 0.1) is 6.92 Å². The Hall–Kier alpha value is -1.92. The fourth-order valence-corrected chi connectivity index (χ4v) is 3.03. The van der Waals surface area contributed by atoms with Gasteiger partial charge in [0.1, 0.15) is 10.7 Å². The number of pyridine rings is 1. The number of amides is 1. The molecule has 0 aliphatic carbocycles. The monoisotopic (exact) mass is 352 g/mol. The van der Waals surface area contributed by atoms with Crippen molar-refractivity contribution in [1.82, 2.24) is 4.98 Å². The van der Waals surface area contributed by atoms with E-state index in [0.29, 0.717) is 15.7 Å². The Morgan fingerprint density at radius 3 is 2.74 bits per heavy atom. The number of aryl methyl sites for hydroxylation is 2.